The van der Waals surface area contributed by atoms with Crippen molar-refractivity contribution in [2.45, 2.75) is 0 Å². The fraction of sp³-hybridized carbons (Fsp3) is 0.316. The maximum atomic E-state index is 12.8. The Morgan fingerprint density at radius 3 is 2.56 bits per heavy atom. The van der Waals surface area contributed by atoms with Crippen LogP contribution in [0.3, 0.4) is 0 Å². The van der Waals surface area contributed by atoms with Crippen LogP contribution in [0.4, 0.5) is 11.4 Å². The number of anilines is 2. The van der Waals surface area contributed by atoms with Crippen LogP contribution in [-0.2, 0) is 0 Å². The standard InChI is InChI=1S/C19H22BrN3O2/c1-22-9-11-23(12-10-22)17-6-4-3-5-16(17)21-19(24)15-13-14(20)7-8-18(15)25-2/h3-8,13H,9-12H2,1-2H3,(H,21,24). The van der Waals surface area contributed by atoms with Gasteiger partial charge in [-0.3, -0.25) is 4.79 Å². The molecule has 1 amide bonds. The van der Waals surface area contributed by atoms with Gasteiger partial charge in [-0.15, -0.1) is 0 Å². The van der Waals surface area contributed by atoms with Gasteiger partial charge in [-0.05, 0) is 37.4 Å². The highest BCUT2D eigenvalue weighted by Crippen LogP contribution is 2.29. The van der Waals surface area contributed by atoms with Gasteiger partial charge in [0.1, 0.15) is 5.75 Å². The van der Waals surface area contributed by atoms with Gasteiger partial charge in [0.25, 0.3) is 5.91 Å². The molecule has 0 aromatic heterocycles. The summed E-state index contributed by atoms with van der Waals surface area (Å²) in [5, 5.41) is 3.04. The van der Waals surface area contributed by atoms with Gasteiger partial charge in [-0.2, -0.15) is 0 Å². The number of hydrogen-bond acceptors (Lipinski definition) is 4. The highest BCUT2D eigenvalue weighted by Gasteiger charge is 2.19. The molecule has 0 radical (unpaired) electrons. The van der Waals surface area contributed by atoms with E-state index in [-0.39, 0.29) is 5.91 Å². The molecule has 1 aliphatic heterocycles. The summed E-state index contributed by atoms with van der Waals surface area (Å²) in [7, 11) is 3.70. The Morgan fingerprint density at radius 2 is 1.84 bits per heavy atom. The minimum atomic E-state index is -0.181. The molecular weight excluding hydrogens is 382 g/mol. The van der Waals surface area contributed by atoms with Gasteiger partial charge in [-0.1, -0.05) is 28.1 Å². The van der Waals surface area contributed by atoms with E-state index in [2.05, 4.69) is 44.2 Å². The van der Waals surface area contributed by atoms with E-state index in [9.17, 15) is 4.79 Å². The molecule has 1 aliphatic rings. The van der Waals surface area contributed by atoms with E-state index in [0.717, 1.165) is 42.0 Å². The molecule has 0 unspecified atom stereocenters. The van der Waals surface area contributed by atoms with Gasteiger partial charge in [0.2, 0.25) is 0 Å². The summed E-state index contributed by atoms with van der Waals surface area (Å²) in [5.74, 6) is 0.373. The van der Waals surface area contributed by atoms with Crippen molar-refractivity contribution < 1.29 is 9.53 Å². The summed E-state index contributed by atoms with van der Waals surface area (Å²) < 4.78 is 6.16. The average Bonchev–Trinajstić information content (AvgIpc) is 2.63. The molecule has 1 fully saturated rings. The van der Waals surface area contributed by atoms with Gasteiger partial charge >= 0.3 is 0 Å². The first-order valence-corrected chi connectivity index (χ1v) is 9.05. The van der Waals surface area contributed by atoms with Gasteiger partial charge in [0.15, 0.2) is 0 Å². The fourth-order valence-corrected chi connectivity index (χ4v) is 3.31. The second-order valence-electron chi connectivity index (χ2n) is 6.11. The zero-order valence-corrected chi connectivity index (χ0v) is 16.0. The Kier molecular flexibility index (Phi) is 5.60. The van der Waals surface area contributed by atoms with Crippen LogP contribution < -0.4 is 15.0 Å². The zero-order chi connectivity index (χ0) is 17.8. The third-order valence-corrected chi connectivity index (χ3v) is 4.90. The van der Waals surface area contributed by atoms with Crippen LogP contribution in [0.25, 0.3) is 0 Å². The molecule has 2 aromatic carbocycles. The predicted molar refractivity (Wildman–Crippen MR) is 105 cm³/mol. The van der Waals surface area contributed by atoms with Crippen LogP contribution >= 0.6 is 15.9 Å². The Balaban J connectivity index is 1.84. The lowest BCUT2D eigenvalue weighted by molar-refractivity contribution is 0.102. The largest absolute Gasteiger partial charge is 0.496 e. The maximum absolute atomic E-state index is 12.8. The van der Waals surface area contributed by atoms with Gasteiger partial charge < -0.3 is 19.9 Å². The highest BCUT2D eigenvalue weighted by atomic mass is 79.9. The number of hydrogen-bond donors (Lipinski definition) is 1. The zero-order valence-electron chi connectivity index (χ0n) is 14.5. The summed E-state index contributed by atoms with van der Waals surface area (Å²) in [5.41, 5.74) is 2.38. The van der Waals surface area contributed by atoms with Crippen molar-refractivity contribution >= 4 is 33.2 Å². The topological polar surface area (TPSA) is 44.8 Å². The number of amides is 1. The highest BCUT2D eigenvalue weighted by molar-refractivity contribution is 9.10. The molecule has 0 spiro atoms. The Hall–Kier alpha value is -2.05. The van der Waals surface area contributed by atoms with E-state index >= 15 is 0 Å². The molecule has 2 aromatic rings. The predicted octanol–water partition coefficient (Wildman–Crippen LogP) is 3.46. The molecular formula is C19H22BrN3O2. The molecule has 0 atom stereocenters. The lowest BCUT2D eigenvalue weighted by Gasteiger charge is -2.35. The quantitative estimate of drug-likeness (QED) is 0.848. The number of nitrogens with zero attached hydrogens (tertiary/aromatic N) is 2. The normalized spacial score (nSPS) is 15.1. The third-order valence-electron chi connectivity index (χ3n) is 4.40. The van der Waals surface area contributed by atoms with Gasteiger partial charge in [0.05, 0.1) is 24.0 Å². The van der Waals surface area contributed by atoms with Crippen LogP contribution in [-0.4, -0.2) is 51.1 Å². The van der Waals surface area contributed by atoms with Crippen LogP contribution in [0.2, 0.25) is 0 Å². The number of carbonyl (C=O) groups is 1. The van der Waals surface area contributed by atoms with Crippen molar-refractivity contribution in [2.75, 3.05) is 50.6 Å². The number of carbonyl (C=O) groups excluding carboxylic acids is 1. The molecule has 3 rings (SSSR count). The number of benzene rings is 2. The lowest BCUT2D eigenvalue weighted by Crippen LogP contribution is -2.44. The number of nitrogens with one attached hydrogen (secondary N) is 1. The van der Waals surface area contributed by atoms with E-state index in [1.54, 1.807) is 19.2 Å². The van der Waals surface area contributed by atoms with E-state index in [0.29, 0.717) is 11.3 Å². The molecule has 1 heterocycles. The smallest absolute Gasteiger partial charge is 0.259 e. The number of halogens is 1. The second-order valence-corrected chi connectivity index (χ2v) is 7.02. The molecule has 1 saturated heterocycles. The maximum Gasteiger partial charge on any atom is 0.259 e. The SMILES string of the molecule is COc1ccc(Br)cc1C(=O)Nc1ccccc1N1CCN(C)CC1. The molecule has 25 heavy (non-hydrogen) atoms. The summed E-state index contributed by atoms with van der Waals surface area (Å²) in [6.07, 6.45) is 0. The Morgan fingerprint density at radius 1 is 1.12 bits per heavy atom. The molecule has 1 N–H and O–H groups in total. The number of ether oxygens (including phenoxy) is 1. The molecule has 5 nitrogen and oxygen atoms in total. The van der Waals surface area contributed by atoms with E-state index < -0.39 is 0 Å². The van der Waals surface area contributed by atoms with Crippen molar-refractivity contribution in [3.8, 4) is 5.75 Å². The minimum absolute atomic E-state index is 0.181. The van der Waals surface area contributed by atoms with Gasteiger partial charge in [-0.25, -0.2) is 0 Å². The van der Waals surface area contributed by atoms with Gasteiger partial charge in [0, 0.05) is 30.7 Å². The molecule has 0 aliphatic carbocycles. The van der Waals surface area contributed by atoms with Crippen molar-refractivity contribution in [1.29, 1.82) is 0 Å². The minimum Gasteiger partial charge on any atom is -0.496 e. The molecule has 6 heteroatoms. The summed E-state index contributed by atoms with van der Waals surface area (Å²) in [6.45, 7) is 3.93. The Bertz CT molecular complexity index is 758. The number of para-hydroxylation sites is 2. The summed E-state index contributed by atoms with van der Waals surface area (Å²) in [6, 6.07) is 13.3. The number of methoxy groups -OCH3 is 1. The van der Waals surface area contributed by atoms with E-state index in [1.807, 2.05) is 24.3 Å². The van der Waals surface area contributed by atoms with Crippen molar-refractivity contribution in [3.05, 3.63) is 52.5 Å². The van der Waals surface area contributed by atoms with E-state index in [1.165, 1.54) is 0 Å². The van der Waals surface area contributed by atoms with Crippen LogP contribution in [0, 0.1) is 0 Å². The number of likely N-dealkylation sites (N-methyl/N-ethyl adjacent to an activating group) is 1. The summed E-state index contributed by atoms with van der Waals surface area (Å²) >= 11 is 3.41. The third kappa shape index (κ3) is 4.14. The number of piperazine rings is 1. The van der Waals surface area contributed by atoms with Crippen molar-refractivity contribution in [1.82, 2.24) is 4.90 Å². The fourth-order valence-electron chi connectivity index (χ4n) is 2.95. The van der Waals surface area contributed by atoms with Crippen molar-refractivity contribution in [3.63, 3.8) is 0 Å². The first-order chi connectivity index (χ1) is 12.1. The molecule has 0 saturated carbocycles. The molecule has 0 bridgehead atoms. The molecule has 132 valence electrons. The first-order valence-electron chi connectivity index (χ1n) is 8.26. The summed E-state index contributed by atoms with van der Waals surface area (Å²) in [4.78, 5) is 17.4. The van der Waals surface area contributed by atoms with Crippen LogP contribution in [0.15, 0.2) is 46.9 Å². The second kappa shape index (κ2) is 7.89. The first kappa shape index (κ1) is 17.8. The van der Waals surface area contributed by atoms with Crippen LogP contribution in [0.1, 0.15) is 10.4 Å². The average molecular weight is 404 g/mol. The Labute approximate surface area is 156 Å². The lowest BCUT2D eigenvalue weighted by atomic mass is 10.1. The van der Waals surface area contributed by atoms with Crippen LogP contribution in [0.5, 0.6) is 5.75 Å². The van der Waals surface area contributed by atoms with E-state index in [4.69, 9.17) is 4.74 Å². The van der Waals surface area contributed by atoms with Crippen molar-refractivity contribution in [2.24, 2.45) is 0 Å². The number of rotatable bonds is 4. The monoisotopic (exact) mass is 403 g/mol.